The van der Waals surface area contributed by atoms with E-state index in [-0.39, 0.29) is 0 Å². The standard InChI is InChI=1S/C12H23N5S/c1-9-10(11(13)18)12(17(5)14-9)16(4)8-6-7-15(2)3/h6-8H2,1-5H3,(H2,13,18). The fourth-order valence-electron chi connectivity index (χ4n) is 2.10. The Labute approximate surface area is 115 Å². The van der Waals surface area contributed by atoms with Crippen LogP contribution in [0.4, 0.5) is 5.82 Å². The number of aromatic nitrogens is 2. The van der Waals surface area contributed by atoms with Gasteiger partial charge in [0.25, 0.3) is 0 Å². The molecule has 0 atom stereocenters. The third-order valence-electron chi connectivity index (χ3n) is 2.90. The molecule has 0 radical (unpaired) electrons. The Morgan fingerprint density at radius 2 is 1.94 bits per heavy atom. The maximum Gasteiger partial charge on any atom is 0.136 e. The van der Waals surface area contributed by atoms with Gasteiger partial charge in [0.1, 0.15) is 10.8 Å². The van der Waals surface area contributed by atoms with Crippen LogP contribution in [-0.2, 0) is 7.05 Å². The molecule has 102 valence electrons. The first-order valence-corrected chi connectivity index (χ1v) is 6.44. The van der Waals surface area contributed by atoms with E-state index in [2.05, 4.69) is 29.0 Å². The van der Waals surface area contributed by atoms with Gasteiger partial charge in [-0.05, 0) is 34.0 Å². The highest BCUT2D eigenvalue weighted by Gasteiger charge is 2.18. The molecule has 2 N–H and O–H groups in total. The van der Waals surface area contributed by atoms with Gasteiger partial charge in [-0.2, -0.15) is 5.10 Å². The molecular formula is C12H23N5S. The van der Waals surface area contributed by atoms with E-state index in [4.69, 9.17) is 18.0 Å². The molecule has 0 fully saturated rings. The van der Waals surface area contributed by atoms with E-state index in [0.29, 0.717) is 4.99 Å². The van der Waals surface area contributed by atoms with Crippen LogP contribution in [0.25, 0.3) is 0 Å². The highest BCUT2D eigenvalue weighted by molar-refractivity contribution is 7.80. The van der Waals surface area contributed by atoms with E-state index in [9.17, 15) is 0 Å². The molecule has 0 aliphatic rings. The second-order valence-corrected chi connectivity index (χ2v) is 5.29. The van der Waals surface area contributed by atoms with Gasteiger partial charge in [-0.3, -0.25) is 4.68 Å². The van der Waals surface area contributed by atoms with Gasteiger partial charge in [0.05, 0.1) is 11.3 Å². The number of aryl methyl sites for hydroxylation is 2. The van der Waals surface area contributed by atoms with E-state index >= 15 is 0 Å². The normalized spacial score (nSPS) is 11.0. The lowest BCUT2D eigenvalue weighted by Gasteiger charge is -2.21. The van der Waals surface area contributed by atoms with Crippen molar-refractivity contribution >= 4 is 23.0 Å². The molecule has 1 aromatic rings. The summed E-state index contributed by atoms with van der Waals surface area (Å²) < 4.78 is 1.85. The molecular weight excluding hydrogens is 246 g/mol. The zero-order valence-corrected chi connectivity index (χ0v) is 12.7. The number of rotatable bonds is 6. The van der Waals surface area contributed by atoms with Gasteiger partial charge in [0.2, 0.25) is 0 Å². The third-order valence-corrected chi connectivity index (χ3v) is 3.10. The molecule has 5 nitrogen and oxygen atoms in total. The summed E-state index contributed by atoms with van der Waals surface area (Å²) in [5.41, 5.74) is 7.56. The average molecular weight is 269 g/mol. The largest absolute Gasteiger partial charge is 0.389 e. The van der Waals surface area contributed by atoms with Gasteiger partial charge < -0.3 is 15.5 Å². The Kier molecular flexibility index (Phi) is 5.10. The van der Waals surface area contributed by atoms with Crippen molar-refractivity contribution in [2.45, 2.75) is 13.3 Å². The minimum atomic E-state index is 0.412. The molecule has 1 aromatic heterocycles. The van der Waals surface area contributed by atoms with Crippen LogP contribution in [0, 0.1) is 6.92 Å². The minimum Gasteiger partial charge on any atom is -0.389 e. The van der Waals surface area contributed by atoms with E-state index in [0.717, 1.165) is 36.6 Å². The molecule has 0 aliphatic heterocycles. The van der Waals surface area contributed by atoms with Crippen LogP contribution in [0.1, 0.15) is 17.7 Å². The third kappa shape index (κ3) is 3.43. The average Bonchev–Trinajstić information content (AvgIpc) is 2.52. The van der Waals surface area contributed by atoms with E-state index < -0.39 is 0 Å². The minimum absolute atomic E-state index is 0.412. The molecule has 0 aromatic carbocycles. The predicted molar refractivity (Wildman–Crippen MR) is 80.3 cm³/mol. The molecule has 0 amide bonds. The Morgan fingerprint density at radius 3 is 2.44 bits per heavy atom. The lowest BCUT2D eigenvalue weighted by molar-refractivity contribution is 0.401. The summed E-state index contributed by atoms with van der Waals surface area (Å²) in [4.78, 5) is 4.75. The number of hydrogen-bond acceptors (Lipinski definition) is 4. The van der Waals surface area contributed by atoms with Crippen molar-refractivity contribution in [1.82, 2.24) is 14.7 Å². The highest BCUT2D eigenvalue weighted by Crippen LogP contribution is 2.22. The summed E-state index contributed by atoms with van der Waals surface area (Å²) in [5, 5.41) is 4.39. The first-order valence-electron chi connectivity index (χ1n) is 6.03. The fraction of sp³-hybridized carbons (Fsp3) is 0.667. The molecule has 1 rings (SSSR count). The van der Waals surface area contributed by atoms with Gasteiger partial charge in [-0.25, -0.2) is 0 Å². The monoisotopic (exact) mass is 269 g/mol. The van der Waals surface area contributed by atoms with E-state index in [1.54, 1.807) is 0 Å². The van der Waals surface area contributed by atoms with Gasteiger partial charge in [-0.15, -0.1) is 0 Å². The summed E-state index contributed by atoms with van der Waals surface area (Å²) in [5.74, 6) is 0.999. The van der Waals surface area contributed by atoms with E-state index in [1.807, 2.05) is 25.7 Å². The lowest BCUT2D eigenvalue weighted by atomic mass is 10.2. The van der Waals surface area contributed by atoms with Gasteiger partial charge in [-0.1, -0.05) is 12.2 Å². The Balaban J connectivity index is 2.84. The molecule has 0 unspecified atom stereocenters. The molecule has 0 spiro atoms. The maximum absolute atomic E-state index is 5.79. The lowest BCUT2D eigenvalue weighted by Crippen LogP contribution is -2.27. The van der Waals surface area contributed by atoms with Crippen molar-refractivity contribution in [3.8, 4) is 0 Å². The highest BCUT2D eigenvalue weighted by atomic mass is 32.1. The summed E-state index contributed by atoms with van der Waals surface area (Å²) in [7, 11) is 8.13. The van der Waals surface area contributed by atoms with Crippen LogP contribution in [0.2, 0.25) is 0 Å². The molecule has 0 aliphatic carbocycles. The first kappa shape index (κ1) is 14.9. The SMILES string of the molecule is Cc1nn(C)c(N(C)CCCN(C)C)c1C(N)=S. The van der Waals surface area contributed by atoms with Crippen molar-refractivity contribution in [3.63, 3.8) is 0 Å². The second-order valence-electron chi connectivity index (χ2n) is 4.85. The fourth-order valence-corrected chi connectivity index (χ4v) is 2.34. The summed E-state index contributed by atoms with van der Waals surface area (Å²) in [6.45, 7) is 3.95. The van der Waals surface area contributed by atoms with Crippen molar-refractivity contribution in [1.29, 1.82) is 0 Å². The smallest absolute Gasteiger partial charge is 0.136 e. The van der Waals surface area contributed by atoms with Crippen LogP contribution in [0.3, 0.4) is 0 Å². The second kappa shape index (κ2) is 6.15. The van der Waals surface area contributed by atoms with Crippen LogP contribution >= 0.6 is 12.2 Å². The zero-order chi connectivity index (χ0) is 13.9. The number of hydrogen-bond donors (Lipinski definition) is 1. The maximum atomic E-state index is 5.79. The first-order chi connectivity index (χ1) is 8.34. The van der Waals surface area contributed by atoms with E-state index in [1.165, 1.54) is 0 Å². The van der Waals surface area contributed by atoms with Gasteiger partial charge in [0.15, 0.2) is 0 Å². The zero-order valence-electron chi connectivity index (χ0n) is 11.9. The van der Waals surface area contributed by atoms with Crippen LogP contribution in [0.15, 0.2) is 0 Å². The van der Waals surface area contributed by atoms with Crippen molar-refractivity contribution < 1.29 is 0 Å². The number of anilines is 1. The summed E-state index contributed by atoms with van der Waals surface area (Å²) in [6.07, 6.45) is 1.09. The summed E-state index contributed by atoms with van der Waals surface area (Å²) in [6, 6.07) is 0. The molecule has 0 saturated carbocycles. The number of nitrogens with two attached hydrogens (primary N) is 1. The van der Waals surface area contributed by atoms with Crippen molar-refractivity contribution in [2.24, 2.45) is 12.8 Å². The molecule has 1 heterocycles. The number of nitrogens with zero attached hydrogens (tertiary/aromatic N) is 4. The molecule has 0 bridgehead atoms. The van der Waals surface area contributed by atoms with Crippen molar-refractivity contribution in [2.75, 3.05) is 39.1 Å². The Hall–Kier alpha value is -1.14. The summed E-state index contributed by atoms with van der Waals surface area (Å²) >= 11 is 5.11. The Bertz CT molecular complexity index is 424. The van der Waals surface area contributed by atoms with Crippen molar-refractivity contribution in [3.05, 3.63) is 11.3 Å². The number of thiocarbonyl (C=S) groups is 1. The topological polar surface area (TPSA) is 50.3 Å². The predicted octanol–water partition coefficient (Wildman–Crippen LogP) is 0.751. The Morgan fingerprint density at radius 1 is 1.33 bits per heavy atom. The molecule has 18 heavy (non-hydrogen) atoms. The van der Waals surface area contributed by atoms with Crippen LogP contribution in [0.5, 0.6) is 0 Å². The molecule has 0 saturated heterocycles. The quantitative estimate of drug-likeness (QED) is 0.772. The van der Waals surface area contributed by atoms with Gasteiger partial charge in [0, 0.05) is 20.6 Å². The van der Waals surface area contributed by atoms with Gasteiger partial charge >= 0.3 is 0 Å². The molecule has 6 heteroatoms. The van der Waals surface area contributed by atoms with Crippen LogP contribution < -0.4 is 10.6 Å². The van der Waals surface area contributed by atoms with Crippen LogP contribution in [-0.4, -0.2) is 53.9 Å².